The van der Waals surface area contributed by atoms with Crippen molar-refractivity contribution in [2.75, 3.05) is 32.5 Å². The van der Waals surface area contributed by atoms with Crippen molar-refractivity contribution in [3.05, 3.63) is 0 Å². The molecule has 1 atom stereocenters. The number of thioether (sulfide) groups is 1. The number of rotatable bonds is 6. The number of hydrogen-bond acceptors (Lipinski definition) is 4. The molecule has 1 unspecified atom stereocenters. The molecule has 1 fully saturated rings. The summed E-state index contributed by atoms with van der Waals surface area (Å²) in [5.74, 6) is 1.02. The fraction of sp³-hybridized carbons (Fsp3) is 0.909. The number of likely N-dealkylation sites (tertiary alicyclic amines) is 1. The highest BCUT2D eigenvalue weighted by Gasteiger charge is 2.13. The molecule has 0 aliphatic carbocycles. The Hall–Kier alpha value is -0.220. The van der Waals surface area contributed by atoms with Crippen LogP contribution in [0.4, 0.5) is 0 Å². The van der Waals surface area contributed by atoms with Gasteiger partial charge in [0.1, 0.15) is 0 Å². The molecule has 1 aliphatic heterocycles. The lowest BCUT2D eigenvalue weighted by Gasteiger charge is -2.15. The number of hydrogen-bond donors (Lipinski definition) is 0. The van der Waals surface area contributed by atoms with Crippen molar-refractivity contribution in [3.63, 3.8) is 0 Å². The minimum atomic E-state index is -0.101. The van der Waals surface area contributed by atoms with Gasteiger partial charge < -0.3 is 9.64 Å². The van der Waals surface area contributed by atoms with Crippen LogP contribution in [0.3, 0.4) is 0 Å². The molecular weight excluding hydrogens is 210 g/mol. The molecule has 0 bridgehead atoms. The lowest BCUT2D eigenvalue weighted by atomic mass is 10.3. The summed E-state index contributed by atoms with van der Waals surface area (Å²) in [5, 5.41) is 0.375. The Balaban J connectivity index is 2.00. The van der Waals surface area contributed by atoms with E-state index in [-0.39, 0.29) is 5.97 Å². The summed E-state index contributed by atoms with van der Waals surface area (Å²) in [6, 6.07) is 0. The van der Waals surface area contributed by atoms with Crippen LogP contribution >= 0.6 is 11.8 Å². The minimum Gasteiger partial charge on any atom is -0.469 e. The van der Waals surface area contributed by atoms with Crippen LogP contribution in [-0.2, 0) is 9.53 Å². The van der Waals surface area contributed by atoms with Crippen molar-refractivity contribution in [2.45, 2.75) is 31.4 Å². The van der Waals surface area contributed by atoms with Crippen molar-refractivity contribution >= 4 is 17.7 Å². The summed E-state index contributed by atoms with van der Waals surface area (Å²) >= 11 is 1.86. The quantitative estimate of drug-likeness (QED) is 0.652. The van der Waals surface area contributed by atoms with Gasteiger partial charge in [-0.3, -0.25) is 4.79 Å². The monoisotopic (exact) mass is 231 g/mol. The fourth-order valence-corrected chi connectivity index (χ4v) is 2.79. The smallest absolute Gasteiger partial charge is 0.306 e. The number of esters is 1. The Labute approximate surface area is 96.5 Å². The van der Waals surface area contributed by atoms with Crippen molar-refractivity contribution in [2.24, 2.45) is 0 Å². The standard InChI is InChI=1S/C11H21NO2S/c1-10(9-11(13)14-2)15-8-7-12-5-3-4-6-12/h10H,3-9H2,1-2H3. The molecule has 1 rings (SSSR count). The number of nitrogens with zero attached hydrogens (tertiary/aromatic N) is 1. The van der Waals surface area contributed by atoms with E-state index in [1.807, 2.05) is 11.8 Å². The molecule has 0 aromatic carbocycles. The van der Waals surface area contributed by atoms with Gasteiger partial charge in [-0.25, -0.2) is 0 Å². The maximum absolute atomic E-state index is 11.0. The van der Waals surface area contributed by atoms with Crippen LogP contribution in [0.15, 0.2) is 0 Å². The van der Waals surface area contributed by atoms with Crippen LogP contribution in [0.1, 0.15) is 26.2 Å². The van der Waals surface area contributed by atoms with Crippen molar-refractivity contribution in [3.8, 4) is 0 Å². The molecule has 1 heterocycles. The number of carbonyl (C=O) groups excluding carboxylic acids is 1. The lowest BCUT2D eigenvalue weighted by Crippen LogP contribution is -2.22. The second-order valence-corrected chi connectivity index (χ2v) is 5.56. The van der Waals surface area contributed by atoms with Crippen LogP contribution in [0.25, 0.3) is 0 Å². The van der Waals surface area contributed by atoms with Gasteiger partial charge in [0.25, 0.3) is 0 Å². The molecule has 0 saturated carbocycles. The second kappa shape index (κ2) is 7.12. The molecule has 0 spiro atoms. The van der Waals surface area contributed by atoms with Gasteiger partial charge in [-0.05, 0) is 25.9 Å². The van der Waals surface area contributed by atoms with Gasteiger partial charge in [0.05, 0.1) is 13.5 Å². The van der Waals surface area contributed by atoms with E-state index in [1.54, 1.807) is 0 Å². The van der Waals surface area contributed by atoms with E-state index in [1.165, 1.54) is 33.0 Å². The molecule has 15 heavy (non-hydrogen) atoms. The van der Waals surface area contributed by atoms with Crippen LogP contribution in [0.5, 0.6) is 0 Å². The molecule has 3 nitrogen and oxygen atoms in total. The van der Waals surface area contributed by atoms with Gasteiger partial charge >= 0.3 is 5.97 Å². The van der Waals surface area contributed by atoms with Crippen LogP contribution in [-0.4, -0.2) is 48.6 Å². The fourth-order valence-electron chi connectivity index (χ4n) is 1.77. The van der Waals surface area contributed by atoms with E-state index in [0.29, 0.717) is 11.7 Å². The van der Waals surface area contributed by atoms with Crippen LogP contribution < -0.4 is 0 Å². The summed E-state index contributed by atoms with van der Waals surface area (Å²) in [6.45, 7) is 5.76. The predicted octanol–water partition coefficient (Wildman–Crippen LogP) is 1.77. The van der Waals surface area contributed by atoms with Gasteiger partial charge in [-0.15, -0.1) is 0 Å². The highest BCUT2D eigenvalue weighted by molar-refractivity contribution is 7.99. The molecular formula is C11H21NO2S. The number of carbonyl (C=O) groups is 1. The van der Waals surface area contributed by atoms with Gasteiger partial charge in [-0.2, -0.15) is 11.8 Å². The summed E-state index contributed by atoms with van der Waals surface area (Å²) < 4.78 is 4.64. The minimum absolute atomic E-state index is 0.101. The van der Waals surface area contributed by atoms with Crippen molar-refractivity contribution < 1.29 is 9.53 Å². The van der Waals surface area contributed by atoms with E-state index in [9.17, 15) is 4.79 Å². The molecule has 0 N–H and O–H groups in total. The summed E-state index contributed by atoms with van der Waals surface area (Å²) in [7, 11) is 1.45. The highest BCUT2D eigenvalue weighted by Crippen LogP contribution is 2.16. The number of methoxy groups -OCH3 is 1. The Morgan fingerprint density at radius 3 is 2.73 bits per heavy atom. The Morgan fingerprint density at radius 2 is 2.13 bits per heavy atom. The molecule has 0 aromatic rings. The molecule has 4 heteroatoms. The molecule has 0 aromatic heterocycles. The first-order valence-corrected chi connectivity index (χ1v) is 6.68. The summed E-state index contributed by atoms with van der Waals surface area (Å²) in [5.41, 5.74) is 0. The molecule has 1 saturated heterocycles. The Bertz CT molecular complexity index is 193. The maximum atomic E-state index is 11.0. The maximum Gasteiger partial charge on any atom is 0.306 e. The third-order valence-electron chi connectivity index (χ3n) is 2.69. The van der Waals surface area contributed by atoms with Crippen molar-refractivity contribution in [1.82, 2.24) is 4.90 Å². The molecule has 1 aliphatic rings. The van der Waals surface area contributed by atoms with E-state index in [2.05, 4.69) is 16.6 Å². The summed E-state index contributed by atoms with van der Waals surface area (Å²) in [4.78, 5) is 13.5. The summed E-state index contributed by atoms with van der Waals surface area (Å²) in [6.07, 6.45) is 3.23. The third kappa shape index (κ3) is 5.42. The second-order valence-electron chi connectivity index (χ2n) is 4.01. The third-order valence-corrected chi connectivity index (χ3v) is 3.84. The van der Waals surface area contributed by atoms with Gasteiger partial charge in [0.15, 0.2) is 0 Å². The normalized spacial score (nSPS) is 19.1. The van der Waals surface area contributed by atoms with E-state index < -0.39 is 0 Å². The van der Waals surface area contributed by atoms with Gasteiger partial charge in [0, 0.05) is 17.5 Å². The molecule has 0 amide bonds. The van der Waals surface area contributed by atoms with Crippen LogP contribution in [0, 0.1) is 0 Å². The highest BCUT2D eigenvalue weighted by atomic mass is 32.2. The van der Waals surface area contributed by atoms with Crippen molar-refractivity contribution in [1.29, 1.82) is 0 Å². The van der Waals surface area contributed by atoms with Gasteiger partial charge in [0.2, 0.25) is 0 Å². The average Bonchev–Trinajstić information content (AvgIpc) is 2.70. The van der Waals surface area contributed by atoms with E-state index in [4.69, 9.17) is 0 Å². The van der Waals surface area contributed by atoms with Crippen LogP contribution in [0.2, 0.25) is 0 Å². The Kier molecular flexibility index (Phi) is 6.10. The predicted molar refractivity (Wildman–Crippen MR) is 64.2 cm³/mol. The van der Waals surface area contributed by atoms with E-state index >= 15 is 0 Å². The van der Waals surface area contributed by atoms with E-state index in [0.717, 1.165) is 12.3 Å². The largest absolute Gasteiger partial charge is 0.469 e. The SMILES string of the molecule is COC(=O)CC(C)SCCN1CCCC1. The first-order valence-electron chi connectivity index (χ1n) is 5.63. The topological polar surface area (TPSA) is 29.5 Å². The van der Waals surface area contributed by atoms with Gasteiger partial charge in [-0.1, -0.05) is 6.92 Å². The Morgan fingerprint density at radius 1 is 1.47 bits per heavy atom. The zero-order chi connectivity index (χ0) is 11.1. The molecule has 88 valence electrons. The first-order chi connectivity index (χ1) is 7.22. The zero-order valence-electron chi connectivity index (χ0n) is 9.70. The number of ether oxygens (including phenoxy) is 1. The zero-order valence-corrected chi connectivity index (χ0v) is 10.5. The first kappa shape index (κ1) is 12.8. The average molecular weight is 231 g/mol. The lowest BCUT2D eigenvalue weighted by molar-refractivity contribution is -0.140. The molecule has 0 radical (unpaired) electrons.